The highest BCUT2D eigenvalue weighted by Crippen LogP contribution is 2.41. The molecule has 2 aliphatic rings. The molecule has 3 rings (SSSR count). The summed E-state index contributed by atoms with van der Waals surface area (Å²) in [5, 5.41) is 3.48. The monoisotopic (exact) mass is 325 g/mol. The summed E-state index contributed by atoms with van der Waals surface area (Å²) in [5.41, 5.74) is 2.51. The first-order valence-corrected chi connectivity index (χ1v) is 7.83. The minimum absolute atomic E-state index is 0.645. The van der Waals surface area contributed by atoms with Crippen molar-refractivity contribution in [3.05, 3.63) is 21.7 Å². The minimum atomic E-state index is 0.645. The van der Waals surface area contributed by atoms with Gasteiger partial charge in [0.2, 0.25) is 0 Å². The normalized spacial score (nSPS) is 22.3. The first-order valence-electron chi connectivity index (χ1n) is 7.04. The van der Waals surface area contributed by atoms with E-state index in [1.807, 2.05) is 0 Å². The molecule has 1 unspecified atom stereocenters. The number of nitrogens with one attached hydrogen (secondary N) is 1. The van der Waals surface area contributed by atoms with Crippen LogP contribution in [0, 0.1) is 12.8 Å². The lowest BCUT2D eigenvalue weighted by molar-refractivity contribution is 0.170. The van der Waals surface area contributed by atoms with Crippen molar-refractivity contribution in [1.82, 2.24) is 5.32 Å². The van der Waals surface area contributed by atoms with Crippen molar-refractivity contribution in [3.8, 4) is 11.5 Å². The molecule has 3 nitrogen and oxygen atoms in total. The van der Waals surface area contributed by atoms with Crippen LogP contribution in [-0.4, -0.2) is 26.3 Å². The summed E-state index contributed by atoms with van der Waals surface area (Å²) in [5.74, 6) is 2.54. The first-order chi connectivity index (χ1) is 9.25. The Kier molecular flexibility index (Phi) is 3.99. The van der Waals surface area contributed by atoms with E-state index in [1.165, 1.54) is 22.9 Å². The molecule has 0 radical (unpaired) electrons. The highest BCUT2D eigenvalue weighted by molar-refractivity contribution is 9.10. The molecular weight excluding hydrogens is 306 g/mol. The minimum Gasteiger partial charge on any atom is -0.486 e. The molecule has 0 spiro atoms. The summed E-state index contributed by atoms with van der Waals surface area (Å²) in [6, 6.07) is 2.15. The summed E-state index contributed by atoms with van der Waals surface area (Å²) >= 11 is 3.73. The summed E-state index contributed by atoms with van der Waals surface area (Å²) in [4.78, 5) is 0. The molecule has 0 saturated carbocycles. The quantitative estimate of drug-likeness (QED) is 0.906. The second-order valence-electron chi connectivity index (χ2n) is 5.42. The van der Waals surface area contributed by atoms with Crippen molar-refractivity contribution in [2.75, 3.05) is 26.3 Å². The number of halogens is 1. The van der Waals surface area contributed by atoms with Gasteiger partial charge in [0, 0.05) is 10.0 Å². The third-order valence-corrected chi connectivity index (χ3v) is 5.08. The Hall–Kier alpha value is -0.740. The van der Waals surface area contributed by atoms with Crippen LogP contribution in [0.2, 0.25) is 0 Å². The second-order valence-corrected chi connectivity index (χ2v) is 6.21. The predicted molar refractivity (Wildman–Crippen MR) is 79.2 cm³/mol. The topological polar surface area (TPSA) is 30.5 Å². The van der Waals surface area contributed by atoms with Crippen molar-refractivity contribution < 1.29 is 9.47 Å². The maximum Gasteiger partial charge on any atom is 0.165 e. The van der Waals surface area contributed by atoms with Gasteiger partial charge in [-0.1, -0.05) is 15.9 Å². The number of fused-ring (bicyclic) bond motifs is 1. The number of rotatable bonds is 2. The second kappa shape index (κ2) is 5.71. The summed E-state index contributed by atoms with van der Waals surface area (Å²) in [6.45, 7) is 5.68. The van der Waals surface area contributed by atoms with E-state index in [2.05, 4.69) is 34.2 Å². The zero-order valence-electron chi connectivity index (χ0n) is 11.3. The smallest absolute Gasteiger partial charge is 0.165 e. The van der Waals surface area contributed by atoms with E-state index in [-0.39, 0.29) is 0 Å². The van der Waals surface area contributed by atoms with Crippen LogP contribution < -0.4 is 14.8 Å². The standard InChI is InChI=1S/C15H20BrNO2/c1-10-14(16)12(7-11-3-2-4-17-9-11)8-13-15(10)19-6-5-18-13/h8,11,17H,2-7,9H2,1H3. The largest absolute Gasteiger partial charge is 0.486 e. The first kappa shape index (κ1) is 13.3. The molecule has 4 heteroatoms. The Labute approximate surface area is 122 Å². The molecule has 1 aromatic rings. The van der Waals surface area contributed by atoms with Crippen molar-refractivity contribution >= 4 is 15.9 Å². The molecule has 19 heavy (non-hydrogen) atoms. The van der Waals surface area contributed by atoms with Crippen LogP contribution in [0.1, 0.15) is 24.0 Å². The van der Waals surface area contributed by atoms with Gasteiger partial charge in [0.25, 0.3) is 0 Å². The molecule has 1 N–H and O–H groups in total. The summed E-state index contributed by atoms with van der Waals surface area (Å²) in [6.07, 6.45) is 3.70. The molecule has 1 aromatic carbocycles. The van der Waals surface area contributed by atoms with Gasteiger partial charge < -0.3 is 14.8 Å². The third kappa shape index (κ3) is 2.75. The summed E-state index contributed by atoms with van der Waals surface area (Å²) in [7, 11) is 0. The van der Waals surface area contributed by atoms with E-state index in [1.54, 1.807) is 0 Å². The van der Waals surface area contributed by atoms with Crippen LogP contribution in [0.25, 0.3) is 0 Å². The molecule has 1 saturated heterocycles. The van der Waals surface area contributed by atoms with E-state index >= 15 is 0 Å². The van der Waals surface area contributed by atoms with Crippen LogP contribution in [0.15, 0.2) is 10.5 Å². The van der Waals surface area contributed by atoms with Crippen LogP contribution in [0.4, 0.5) is 0 Å². The van der Waals surface area contributed by atoms with Crippen LogP contribution in [0.3, 0.4) is 0 Å². The lowest BCUT2D eigenvalue weighted by Gasteiger charge is -2.26. The van der Waals surface area contributed by atoms with Crippen LogP contribution in [-0.2, 0) is 6.42 Å². The fourth-order valence-electron chi connectivity index (χ4n) is 2.95. The molecule has 1 fully saturated rings. The average Bonchev–Trinajstić information content (AvgIpc) is 2.46. The lowest BCUT2D eigenvalue weighted by atomic mass is 9.91. The van der Waals surface area contributed by atoms with Gasteiger partial charge in [-0.25, -0.2) is 0 Å². The molecule has 2 heterocycles. The van der Waals surface area contributed by atoms with Gasteiger partial charge in [0.1, 0.15) is 13.2 Å². The van der Waals surface area contributed by atoms with Crippen molar-refractivity contribution in [3.63, 3.8) is 0 Å². The van der Waals surface area contributed by atoms with Gasteiger partial charge in [-0.15, -0.1) is 0 Å². The van der Waals surface area contributed by atoms with E-state index < -0.39 is 0 Å². The fraction of sp³-hybridized carbons (Fsp3) is 0.600. The van der Waals surface area contributed by atoms with Crippen LogP contribution >= 0.6 is 15.9 Å². The number of hydrogen-bond donors (Lipinski definition) is 1. The Morgan fingerprint density at radius 3 is 3.00 bits per heavy atom. The lowest BCUT2D eigenvalue weighted by Crippen LogP contribution is -2.31. The molecule has 1 atom stereocenters. The van der Waals surface area contributed by atoms with Crippen molar-refractivity contribution in [1.29, 1.82) is 0 Å². The highest BCUT2D eigenvalue weighted by atomic mass is 79.9. The zero-order chi connectivity index (χ0) is 13.2. The average molecular weight is 326 g/mol. The molecule has 0 aromatic heterocycles. The van der Waals surface area contributed by atoms with E-state index in [0.717, 1.165) is 42.5 Å². The third-order valence-electron chi connectivity index (χ3n) is 3.98. The van der Waals surface area contributed by atoms with Crippen molar-refractivity contribution in [2.24, 2.45) is 5.92 Å². The fourth-order valence-corrected chi connectivity index (χ4v) is 3.41. The van der Waals surface area contributed by atoms with Crippen molar-refractivity contribution in [2.45, 2.75) is 26.2 Å². The Morgan fingerprint density at radius 1 is 1.37 bits per heavy atom. The Bertz CT molecular complexity index is 470. The maximum absolute atomic E-state index is 5.73. The van der Waals surface area contributed by atoms with Gasteiger partial charge in [0.15, 0.2) is 11.5 Å². The number of piperidine rings is 1. The molecule has 2 aliphatic heterocycles. The number of ether oxygens (including phenoxy) is 2. The van der Waals surface area contributed by atoms with Gasteiger partial charge in [-0.05, 0) is 56.8 Å². The molecule has 104 valence electrons. The van der Waals surface area contributed by atoms with Gasteiger partial charge in [0.05, 0.1) is 0 Å². The molecule has 0 amide bonds. The maximum atomic E-state index is 5.73. The van der Waals surface area contributed by atoms with Gasteiger partial charge in [-0.3, -0.25) is 0 Å². The van der Waals surface area contributed by atoms with E-state index in [4.69, 9.17) is 9.47 Å². The van der Waals surface area contributed by atoms with Gasteiger partial charge in [-0.2, -0.15) is 0 Å². The highest BCUT2D eigenvalue weighted by Gasteiger charge is 2.21. The zero-order valence-corrected chi connectivity index (χ0v) is 12.9. The van der Waals surface area contributed by atoms with Gasteiger partial charge >= 0.3 is 0 Å². The number of hydrogen-bond acceptors (Lipinski definition) is 3. The molecule has 0 aliphatic carbocycles. The molecule has 0 bridgehead atoms. The predicted octanol–water partition coefficient (Wildman–Crippen LogP) is 3.07. The SMILES string of the molecule is Cc1c(Br)c(CC2CCCNC2)cc2c1OCCO2. The summed E-state index contributed by atoms with van der Waals surface area (Å²) < 4.78 is 12.6. The van der Waals surface area contributed by atoms with E-state index in [0.29, 0.717) is 13.2 Å². The Balaban J connectivity index is 1.86. The van der Waals surface area contributed by atoms with E-state index in [9.17, 15) is 0 Å². The van der Waals surface area contributed by atoms with Crippen LogP contribution in [0.5, 0.6) is 11.5 Å². The Morgan fingerprint density at radius 2 is 2.21 bits per heavy atom. The molecular formula is C15H20BrNO2. The number of benzene rings is 1.